The van der Waals surface area contributed by atoms with Crippen LogP contribution in [0.4, 0.5) is 5.69 Å². The first-order valence-electron chi connectivity index (χ1n) is 4.43. The van der Waals surface area contributed by atoms with Crippen LogP contribution in [0.15, 0.2) is 24.3 Å². The van der Waals surface area contributed by atoms with Crippen LogP contribution in [0.1, 0.15) is 17.5 Å². The van der Waals surface area contributed by atoms with Gasteiger partial charge in [-0.25, -0.2) is 0 Å². The summed E-state index contributed by atoms with van der Waals surface area (Å²) in [6.45, 7) is 1.80. The van der Waals surface area contributed by atoms with Gasteiger partial charge in [0.1, 0.15) is 0 Å². The first-order valence-corrected chi connectivity index (χ1v) is 4.43. The number of nitriles is 1. The van der Waals surface area contributed by atoms with Crippen molar-refractivity contribution in [2.75, 3.05) is 0 Å². The third kappa shape index (κ3) is 2.92. The molecule has 0 radical (unpaired) electrons. The summed E-state index contributed by atoms with van der Waals surface area (Å²) in [5.74, 6) is 0. The molecule has 0 unspecified atom stereocenters. The molecule has 1 rings (SSSR count). The molecule has 0 spiro atoms. The SMILES string of the molecule is Cc1ccc(C=CCC#N)c([N+](=O)[O-])c1. The molecule has 0 aromatic heterocycles. The van der Waals surface area contributed by atoms with Gasteiger partial charge in [-0.2, -0.15) is 5.26 Å². The average Bonchev–Trinajstić information content (AvgIpc) is 2.20. The maximum absolute atomic E-state index is 10.7. The number of nitrogens with zero attached hydrogens (tertiary/aromatic N) is 2. The van der Waals surface area contributed by atoms with Gasteiger partial charge < -0.3 is 0 Å². The summed E-state index contributed by atoms with van der Waals surface area (Å²) in [6.07, 6.45) is 3.46. The number of hydrogen-bond acceptors (Lipinski definition) is 3. The van der Waals surface area contributed by atoms with E-state index in [1.165, 1.54) is 6.07 Å². The molecule has 76 valence electrons. The fourth-order valence-corrected chi connectivity index (χ4v) is 1.19. The summed E-state index contributed by atoms with van der Waals surface area (Å²) >= 11 is 0. The Morgan fingerprint density at radius 2 is 2.33 bits per heavy atom. The molecule has 4 nitrogen and oxygen atoms in total. The minimum absolute atomic E-state index is 0.0733. The molecule has 15 heavy (non-hydrogen) atoms. The van der Waals surface area contributed by atoms with E-state index >= 15 is 0 Å². The Kier molecular flexibility index (Phi) is 3.58. The van der Waals surface area contributed by atoms with Crippen LogP contribution in [0.5, 0.6) is 0 Å². The van der Waals surface area contributed by atoms with Crippen molar-refractivity contribution in [3.05, 3.63) is 45.5 Å². The second-order valence-corrected chi connectivity index (χ2v) is 3.08. The van der Waals surface area contributed by atoms with Crippen molar-refractivity contribution in [2.45, 2.75) is 13.3 Å². The van der Waals surface area contributed by atoms with Gasteiger partial charge in [0.15, 0.2) is 0 Å². The predicted molar refractivity (Wildman–Crippen MR) is 57.1 cm³/mol. The average molecular weight is 202 g/mol. The van der Waals surface area contributed by atoms with Gasteiger partial charge in [-0.3, -0.25) is 10.1 Å². The van der Waals surface area contributed by atoms with Crippen LogP contribution in [-0.2, 0) is 0 Å². The molecule has 1 aromatic carbocycles. The highest BCUT2D eigenvalue weighted by Gasteiger charge is 2.10. The number of rotatable bonds is 3. The van der Waals surface area contributed by atoms with E-state index in [1.807, 2.05) is 6.07 Å². The number of aryl methyl sites for hydroxylation is 1. The summed E-state index contributed by atoms with van der Waals surface area (Å²) in [4.78, 5) is 10.3. The van der Waals surface area contributed by atoms with E-state index in [9.17, 15) is 10.1 Å². The second kappa shape index (κ2) is 4.91. The minimum Gasteiger partial charge on any atom is -0.258 e. The number of hydrogen-bond donors (Lipinski definition) is 0. The first kappa shape index (κ1) is 10.9. The molecule has 0 saturated heterocycles. The lowest BCUT2D eigenvalue weighted by Crippen LogP contribution is -1.91. The molecule has 0 heterocycles. The molecule has 0 aliphatic carbocycles. The topological polar surface area (TPSA) is 66.9 Å². The normalized spacial score (nSPS) is 10.1. The molecule has 1 aromatic rings. The van der Waals surface area contributed by atoms with E-state index in [2.05, 4.69) is 0 Å². The van der Waals surface area contributed by atoms with Crippen LogP contribution in [0.25, 0.3) is 6.08 Å². The third-order valence-corrected chi connectivity index (χ3v) is 1.89. The highest BCUT2D eigenvalue weighted by molar-refractivity contribution is 5.61. The van der Waals surface area contributed by atoms with Crippen LogP contribution >= 0.6 is 0 Å². The largest absolute Gasteiger partial charge is 0.276 e. The van der Waals surface area contributed by atoms with Crippen molar-refractivity contribution >= 4 is 11.8 Å². The quantitative estimate of drug-likeness (QED) is 0.559. The molecule has 0 aliphatic heterocycles. The summed E-state index contributed by atoms with van der Waals surface area (Å²) in [5.41, 5.74) is 1.45. The maximum atomic E-state index is 10.7. The molecular weight excluding hydrogens is 192 g/mol. The number of benzene rings is 1. The van der Waals surface area contributed by atoms with Crippen molar-refractivity contribution in [3.8, 4) is 6.07 Å². The van der Waals surface area contributed by atoms with Gasteiger partial charge in [-0.15, -0.1) is 0 Å². The molecule has 0 atom stereocenters. The van der Waals surface area contributed by atoms with Crippen LogP contribution in [0.2, 0.25) is 0 Å². The van der Waals surface area contributed by atoms with Crippen LogP contribution in [-0.4, -0.2) is 4.92 Å². The van der Waals surface area contributed by atoms with Crippen molar-refractivity contribution in [2.24, 2.45) is 0 Å². The van der Waals surface area contributed by atoms with E-state index < -0.39 is 4.92 Å². The fourth-order valence-electron chi connectivity index (χ4n) is 1.19. The minimum atomic E-state index is -0.418. The van der Waals surface area contributed by atoms with E-state index in [0.717, 1.165) is 5.56 Å². The van der Waals surface area contributed by atoms with Gasteiger partial charge in [-0.1, -0.05) is 18.2 Å². The van der Waals surface area contributed by atoms with Crippen LogP contribution in [0, 0.1) is 28.4 Å². The van der Waals surface area contributed by atoms with E-state index in [-0.39, 0.29) is 12.1 Å². The van der Waals surface area contributed by atoms with Gasteiger partial charge in [0, 0.05) is 6.07 Å². The third-order valence-electron chi connectivity index (χ3n) is 1.89. The Bertz CT molecular complexity index is 444. The monoisotopic (exact) mass is 202 g/mol. The number of nitro benzene ring substituents is 1. The highest BCUT2D eigenvalue weighted by atomic mass is 16.6. The number of allylic oxidation sites excluding steroid dienone is 1. The van der Waals surface area contributed by atoms with Gasteiger partial charge in [0.25, 0.3) is 5.69 Å². The van der Waals surface area contributed by atoms with Gasteiger partial charge in [0.2, 0.25) is 0 Å². The fraction of sp³-hybridized carbons (Fsp3) is 0.182. The smallest absolute Gasteiger partial charge is 0.258 e. The van der Waals surface area contributed by atoms with Crippen LogP contribution < -0.4 is 0 Å². The second-order valence-electron chi connectivity index (χ2n) is 3.08. The molecule has 0 N–H and O–H groups in total. The summed E-state index contributed by atoms with van der Waals surface area (Å²) in [6, 6.07) is 6.95. The summed E-state index contributed by atoms with van der Waals surface area (Å²) in [5, 5.41) is 19.0. The standard InChI is InChI=1S/C11H10N2O2/c1-9-5-6-10(4-2-3-7-12)11(8-9)13(14)15/h2,4-6,8H,3H2,1H3. The zero-order valence-electron chi connectivity index (χ0n) is 8.30. The lowest BCUT2D eigenvalue weighted by Gasteiger charge is -1.98. The van der Waals surface area contributed by atoms with Gasteiger partial charge in [-0.05, 0) is 18.6 Å². The van der Waals surface area contributed by atoms with Crippen molar-refractivity contribution in [1.82, 2.24) is 0 Å². The van der Waals surface area contributed by atoms with E-state index in [1.54, 1.807) is 31.2 Å². The Balaban J connectivity index is 3.07. The molecule has 4 heteroatoms. The lowest BCUT2D eigenvalue weighted by molar-refractivity contribution is -0.385. The van der Waals surface area contributed by atoms with Gasteiger partial charge in [0.05, 0.1) is 23.0 Å². The van der Waals surface area contributed by atoms with Crippen LogP contribution in [0.3, 0.4) is 0 Å². The molecular formula is C11H10N2O2. The predicted octanol–water partition coefficient (Wildman–Crippen LogP) is 2.83. The number of nitro groups is 1. The first-order chi connectivity index (χ1) is 7.15. The zero-order valence-corrected chi connectivity index (χ0v) is 8.30. The summed E-state index contributed by atoms with van der Waals surface area (Å²) < 4.78 is 0. The summed E-state index contributed by atoms with van der Waals surface area (Å²) in [7, 11) is 0. The van der Waals surface area contributed by atoms with E-state index in [0.29, 0.717) is 5.56 Å². The molecule has 0 fully saturated rings. The Hall–Kier alpha value is -2.15. The Morgan fingerprint density at radius 1 is 1.60 bits per heavy atom. The zero-order chi connectivity index (χ0) is 11.3. The molecule has 0 aliphatic rings. The van der Waals surface area contributed by atoms with E-state index in [4.69, 9.17) is 5.26 Å². The molecule has 0 saturated carbocycles. The van der Waals surface area contributed by atoms with Crippen molar-refractivity contribution in [3.63, 3.8) is 0 Å². The lowest BCUT2D eigenvalue weighted by atomic mass is 10.1. The van der Waals surface area contributed by atoms with Crippen molar-refractivity contribution < 1.29 is 4.92 Å². The highest BCUT2D eigenvalue weighted by Crippen LogP contribution is 2.21. The molecule has 0 amide bonds. The molecule has 0 bridgehead atoms. The van der Waals surface area contributed by atoms with Gasteiger partial charge >= 0.3 is 0 Å². The maximum Gasteiger partial charge on any atom is 0.276 e. The Labute approximate surface area is 87.6 Å². The Morgan fingerprint density at radius 3 is 2.93 bits per heavy atom. The van der Waals surface area contributed by atoms with Crippen molar-refractivity contribution in [1.29, 1.82) is 5.26 Å².